The first-order valence-corrected chi connectivity index (χ1v) is 13.5. The molecule has 1 amide bonds. The summed E-state index contributed by atoms with van der Waals surface area (Å²) in [5.41, 5.74) is 2.90. The van der Waals surface area contributed by atoms with Gasteiger partial charge in [-0.3, -0.25) is 4.79 Å². The number of amides is 1. The van der Waals surface area contributed by atoms with E-state index < -0.39 is 0 Å². The maximum absolute atomic E-state index is 14.4. The van der Waals surface area contributed by atoms with Gasteiger partial charge in [-0.25, -0.2) is 14.1 Å². The first-order chi connectivity index (χ1) is 19.5. The summed E-state index contributed by atoms with van der Waals surface area (Å²) in [4.78, 5) is 20.3. The number of nitrogens with zero attached hydrogens (tertiary/aromatic N) is 7. The number of benzene rings is 2. The van der Waals surface area contributed by atoms with Crippen molar-refractivity contribution in [2.24, 2.45) is 0 Å². The van der Waals surface area contributed by atoms with Crippen LogP contribution in [0.25, 0.3) is 17.1 Å². The first-order valence-electron chi connectivity index (χ1n) is 12.7. The van der Waals surface area contributed by atoms with Gasteiger partial charge in [-0.1, -0.05) is 58.7 Å². The van der Waals surface area contributed by atoms with E-state index in [0.717, 1.165) is 5.56 Å². The van der Waals surface area contributed by atoms with Crippen molar-refractivity contribution in [3.8, 4) is 17.1 Å². The lowest BCUT2D eigenvalue weighted by Gasteiger charge is -2.32. The Balaban J connectivity index is 1.42. The van der Waals surface area contributed by atoms with Crippen molar-refractivity contribution in [1.82, 2.24) is 40.3 Å². The van der Waals surface area contributed by atoms with Crippen molar-refractivity contribution in [2.45, 2.75) is 25.2 Å². The number of carbonyl (C=O) groups is 1. The van der Waals surface area contributed by atoms with E-state index in [-0.39, 0.29) is 29.8 Å². The molecule has 0 aliphatic carbocycles. The van der Waals surface area contributed by atoms with Gasteiger partial charge < -0.3 is 4.90 Å². The Morgan fingerprint density at radius 2 is 1.80 bits per heavy atom. The van der Waals surface area contributed by atoms with Gasteiger partial charge in [0.2, 0.25) is 0 Å². The molecule has 0 radical (unpaired) electrons. The minimum Gasteiger partial charge on any atom is -0.337 e. The highest BCUT2D eigenvalue weighted by molar-refractivity contribution is 6.32. The number of aromatic nitrogens is 7. The van der Waals surface area contributed by atoms with E-state index in [4.69, 9.17) is 28.3 Å². The molecule has 0 unspecified atom stereocenters. The van der Waals surface area contributed by atoms with E-state index in [0.29, 0.717) is 64.4 Å². The van der Waals surface area contributed by atoms with Crippen LogP contribution in [0, 0.1) is 5.82 Å². The number of carbonyl (C=O) groups excluding carboxylic acids is 1. The van der Waals surface area contributed by atoms with Crippen molar-refractivity contribution < 1.29 is 9.18 Å². The van der Waals surface area contributed by atoms with Crippen LogP contribution in [0.3, 0.4) is 0 Å². The average Bonchev–Trinajstić information content (AvgIpc) is 3.62. The van der Waals surface area contributed by atoms with Crippen LogP contribution in [0.2, 0.25) is 10.0 Å². The van der Waals surface area contributed by atoms with Crippen molar-refractivity contribution in [1.29, 1.82) is 0 Å². The van der Waals surface area contributed by atoms with Gasteiger partial charge in [0.25, 0.3) is 5.91 Å². The van der Waals surface area contributed by atoms with E-state index in [1.165, 1.54) is 6.07 Å². The molecule has 2 aromatic carbocycles. The van der Waals surface area contributed by atoms with Gasteiger partial charge in [-0.05, 0) is 54.7 Å². The lowest BCUT2D eigenvalue weighted by atomic mass is 9.89. The Kier molecular flexibility index (Phi) is 7.27. The predicted octanol–water partition coefficient (Wildman–Crippen LogP) is 5.50. The molecule has 1 aliphatic heterocycles. The van der Waals surface area contributed by atoms with Crippen molar-refractivity contribution in [3.05, 3.63) is 105 Å². The predicted molar refractivity (Wildman–Crippen MR) is 148 cm³/mol. The van der Waals surface area contributed by atoms with Gasteiger partial charge in [0.05, 0.1) is 10.7 Å². The number of nitrogens with one attached hydrogen (secondary N) is 1. The van der Waals surface area contributed by atoms with E-state index >= 15 is 0 Å². The first kappa shape index (κ1) is 26.1. The molecule has 1 N–H and O–H groups in total. The van der Waals surface area contributed by atoms with Gasteiger partial charge in [-0.15, -0.1) is 10.2 Å². The molecule has 6 rings (SSSR count). The molecule has 1 saturated heterocycles. The maximum Gasteiger partial charge on any atom is 0.274 e. The highest BCUT2D eigenvalue weighted by Gasteiger charge is 2.32. The molecule has 1 fully saturated rings. The summed E-state index contributed by atoms with van der Waals surface area (Å²) < 4.78 is 16.0. The minimum atomic E-state index is -0.244. The number of piperidine rings is 1. The topological polar surface area (TPSA) is 105 Å². The highest BCUT2D eigenvalue weighted by atomic mass is 35.5. The Bertz CT molecular complexity index is 1650. The molecule has 202 valence electrons. The molecule has 9 nitrogen and oxygen atoms in total. The van der Waals surface area contributed by atoms with Crippen LogP contribution in [0.1, 0.15) is 46.2 Å². The SMILES string of the molecule is O=C(c1nn(-c2ncccc2Cl)c(-c2ccc(Cl)cc2)c1Cc1nn[nH]n1)N1CCC(c2ccccc2F)CC1. The van der Waals surface area contributed by atoms with Gasteiger partial charge in [0.15, 0.2) is 17.3 Å². The lowest BCUT2D eigenvalue weighted by Crippen LogP contribution is -2.38. The number of hydrogen-bond acceptors (Lipinski definition) is 6. The Hall–Kier alpha value is -4.15. The lowest BCUT2D eigenvalue weighted by molar-refractivity contribution is 0.0705. The van der Waals surface area contributed by atoms with Gasteiger partial charge in [0, 0.05) is 41.9 Å². The Morgan fingerprint density at radius 1 is 1.02 bits per heavy atom. The van der Waals surface area contributed by atoms with Crippen molar-refractivity contribution in [2.75, 3.05) is 13.1 Å². The zero-order valence-corrected chi connectivity index (χ0v) is 22.6. The molecule has 3 aromatic heterocycles. The average molecular weight is 577 g/mol. The molecule has 0 bridgehead atoms. The summed E-state index contributed by atoms with van der Waals surface area (Å²) in [6.07, 6.45) is 3.08. The zero-order chi connectivity index (χ0) is 27.6. The van der Waals surface area contributed by atoms with E-state index in [2.05, 4.69) is 25.6 Å². The smallest absolute Gasteiger partial charge is 0.274 e. The second-order valence-corrected chi connectivity index (χ2v) is 10.3. The quantitative estimate of drug-likeness (QED) is 0.286. The second kappa shape index (κ2) is 11.1. The molecular formula is C28H23Cl2FN8O. The standard InChI is InChI=1S/C28H23Cl2FN8O/c29-19-9-7-18(8-10-19)26-21(16-24-33-36-37-34-24)25(35-39(26)27-22(30)5-3-13-32-27)28(40)38-14-11-17(12-15-38)20-4-1-2-6-23(20)31/h1-10,13,17H,11-12,14-16H2,(H,33,34,36,37). The number of tetrazole rings is 1. The zero-order valence-electron chi connectivity index (χ0n) is 21.1. The highest BCUT2D eigenvalue weighted by Crippen LogP contribution is 2.35. The van der Waals surface area contributed by atoms with Crippen LogP contribution in [-0.4, -0.2) is 59.3 Å². The number of H-pyrrole nitrogens is 1. The molecule has 4 heterocycles. The van der Waals surface area contributed by atoms with Crippen LogP contribution in [0.5, 0.6) is 0 Å². The second-order valence-electron chi connectivity index (χ2n) is 9.50. The van der Waals surface area contributed by atoms with Crippen LogP contribution < -0.4 is 0 Å². The third kappa shape index (κ3) is 5.07. The van der Waals surface area contributed by atoms with Gasteiger partial charge >= 0.3 is 0 Å². The van der Waals surface area contributed by atoms with Crippen LogP contribution in [0.15, 0.2) is 66.9 Å². The molecule has 0 spiro atoms. The van der Waals surface area contributed by atoms with E-state index in [1.807, 2.05) is 24.3 Å². The summed E-state index contributed by atoms with van der Waals surface area (Å²) in [5, 5.41) is 20.1. The number of hydrogen-bond donors (Lipinski definition) is 1. The number of likely N-dealkylation sites (tertiary alicyclic amines) is 1. The summed E-state index contributed by atoms with van der Waals surface area (Å²) in [5.74, 6) is 0.355. The summed E-state index contributed by atoms with van der Waals surface area (Å²) >= 11 is 12.7. The largest absolute Gasteiger partial charge is 0.337 e. The van der Waals surface area contributed by atoms with Crippen molar-refractivity contribution >= 4 is 29.1 Å². The van der Waals surface area contributed by atoms with Crippen LogP contribution in [0.4, 0.5) is 4.39 Å². The number of halogens is 3. The van der Waals surface area contributed by atoms with Gasteiger partial charge in [-0.2, -0.15) is 10.3 Å². The maximum atomic E-state index is 14.4. The normalized spacial score (nSPS) is 14.0. The van der Waals surface area contributed by atoms with E-state index in [9.17, 15) is 9.18 Å². The molecule has 40 heavy (non-hydrogen) atoms. The fourth-order valence-electron chi connectivity index (χ4n) is 5.15. The summed E-state index contributed by atoms with van der Waals surface area (Å²) in [7, 11) is 0. The Morgan fingerprint density at radius 3 is 2.50 bits per heavy atom. The third-order valence-electron chi connectivity index (χ3n) is 7.09. The number of rotatable bonds is 6. The molecule has 12 heteroatoms. The number of aromatic amines is 1. The monoisotopic (exact) mass is 576 g/mol. The van der Waals surface area contributed by atoms with E-state index in [1.54, 1.807) is 46.1 Å². The fraction of sp³-hybridized carbons (Fsp3) is 0.214. The third-order valence-corrected chi connectivity index (χ3v) is 7.64. The van der Waals surface area contributed by atoms with Crippen LogP contribution in [-0.2, 0) is 6.42 Å². The Labute approximate surface area is 239 Å². The van der Waals surface area contributed by atoms with Gasteiger partial charge in [0.1, 0.15) is 5.82 Å². The molecule has 1 aliphatic rings. The molecule has 5 aromatic rings. The molecule has 0 atom stereocenters. The number of pyridine rings is 1. The fourth-order valence-corrected chi connectivity index (χ4v) is 5.47. The van der Waals surface area contributed by atoms with Crippen LogP contribution >= 0.6 is 23.2 Å². The van der Waals surface area contributed by atoms with Crippen molar-refractivity contribution in [3.63, 3.8) is 0 Å². The summed E-state index contributed by atoms with van der Waals surface area (Å²) in [6, 6.07) is 17.5. The minimum absolute atomic E-state index is 0.0403. The molecular weight excluding hydrogens is 554 g/mol. The molecule has 0 saturated carbocycles. The summed E-state index contributed by atoms with van der Waals surface area (Å²) in [6.45, 7) is 0.930.